The number of hydrogen-bond acceptors (Lipinski definition) is 4. The van der Waals surface area contributed by atoms with Crippen LogP contribution in [-0.4, -0.2) is 72.5 Å². The maximum absolute atomic E-state index is 9.04. The summed E-state index contributed by atoms with van der Waals surface area (Å²) in [7, 11) is 0. The molecule has 1 heterocycles. The van der Waals surface area contributed by atoms with E-state index in [0.29, 0.717) is 18.8 Å². The zero-order valence-corrected chi connectivity index (χ0v) is 12.6. The third-order valence-electron chi connectivity index (χ3n) is 4.53. The van der Waals surface area contributed by atoms with Crippen LogP contribution in [-0.2, 0) is 4.74 Å². The highest BCUT2D eigenvalue weighted by Crippen LogP contribution is 2.25. The second-order valence-electron chi connectivity index (χ2n) is 6.24. The molecule has 0 aromatic heterocycles. The third-order valence-corrected chi connectivity index (χ3v) is 4.53. The van der Waals surface area contributed by atoms with Gasteiger partial charge in [-0.25, -0.2) is 0 Å². The van der Waals surface area contributed by atoms with Gasteiger partial charge in [0.15, 0.2) is 0 Å². The van der Waals surface area contributed by atoms with Crippen LogP contribution in [0.15, 0.2) is 0 Å². The molecule has 1 unspecified atom stereocenters. The molecule has 112 valence electrons. The van der Waals surface area contributed by atoms with Crippen molar-refractivity contribution in [3.8, 4) is 0 Å². The van der Waals surface area contributed by atoms with Gasteiger partial charge in [0.1, 0.15) is 0 Å². The van der Waals surface area contributed by atoms with Gasteiger partial charge in [-0.3, -0.25) is 9.80 Å². The highest BCUT2D eigenvalue weighted by Gasteiger charge is 2.29. The average Bonchev–Trinajstić information content (AvgIpc) is 2.34. The first kappa shape index (κ1) is 15.2. The molecule has 1 aliphatic heterocycles. The number of rotatable bonds is 7. The average molecular weight is 270 g/mol. The van der Waals surface area contributed by atoms with E-state index in [1.165, 1.54) is 19.3 Å². The Morgan fingerprint density at radius 3 is 2.74 bits per heavy atom. The zero-order valence-electron chi connectivity index (χ0n) is 12.6. The molecule has 1 atom stereocenters. The van der Waals surface area contributed by atoms with E-state index in [-0.39, 0.29) is 0 Å². The fraction of sp³-hybridized carbons (Fsp3) is 1.00. The summed E-state index contributed by atoms with van der Waals surface area (Å²) >= 11 is 0. The molecule has 0 aromatic carbocycles. The van der Waals surface area contributed by atoms with Gasteiger partial charge in [-0.2, -0.15) is 0 Å². The second-order valence-corrected chi connectivity index (χ2v) is 6.24. The van der Waals surface area contributed by atoms with Crippen LogP contribution >= 0.6 is 0 Å². The number of aliphatic hydroxyl groups excluding tert-OH is 1. The molecule has 0 spiro atoms. The van der Waals surface area contributed by atoms with Gasteiger partial charge < -0.3 is 9.84 Å². The van der Waals surface area contributed by atoms with E-state index in [2.05, 4.69) is 23.6 Å². The summed E-state index contributed by atoms with van der Waals surface area (Å²) in [5.41, 5.74) is 0. The molecule has 0 bridgehead atoms. The molecular weight excluding hydrogens is 240 g/mol. The van der Waals surface area contributed by atoms with Gasteiger partial charge in [0, 0.05) is 44.9 Å². The molecule has 1 aliphatic carbocycles. The zero-order chi connectivity index (χ0) is 13.7. The highest BCUT2D eigenvalue weighted by atomic mass is 16.5. The number of morpholine rings is 1. The van der Waals surface area contributed by atoms with E-state index >= 15 is 0 Å². The lowest BCUT2D eigenvalue weighted by atomic mass is 9.91. The topological polar surface area (TPSA) is 35.9 Å². The van der Waals surface area contributed by atoms with Crippen molar-refractivity contribution in [2.45, 2.75) is 57.7 Å². The van der Waals surface area contributed by atoms with E-state index in [1.807, 2.05) is 0 Å². The summed E-state index contributed by atoms with van der Waals surface area (Å²) in [6.45, 7) is 9.86. The monoisotopic (exact) mass is 270 g/mol. The lowest BCUT2D eigenvalue weighted by molar-refractivity contribution is -0.0618. The van der Waals surface area contributed by atoms with Crippen molar-refractivity contribution in [3.63, 3.8) is 0 Å². The van der Waals surface area contributed by atoms with Crippen LogP contribution in [0.25, 0.3) is 0 Å². The maximum atomic E-state index is 9.04. The summed E-state index contributed by atoms with van der Waals surface area (Å²) < 4.78 is 5.94. The summed E-state index contributed by atoms with van der Waals surface area (Å²) in [5, 5.41) is 9.04. The minimum Gasteiger partial charge on any atom is -0.396 e. The Balaban J connectivity index is 1.81. The molecule has 0 aromatic rings. The van der Waals surface area contributed by atoms with Crippen LogP contribution in [0.4, 0.5) is 0 Å². The Morgan fingerprint density at radius 2 is 2.16 bits per heavy atom. The first-order valence-electron chi connectivity index (χ1n) is 7.91. The number of hydrogen-bond donors (Lipinski definition) is 1. The normalized spacial score (nSPS) is 26.1. The van der Waals surface area contributed by atoms with Crippen LogP contribution < -0.4 is 0 Å². The van der Waals surface area contributed by atoms with Crippen LogP contribution in [0.2, 0.25) is 0 Å². The minimum absolute atomic E-state index is 0.298. The second kappa shape index (κ2) is 7.58. The van der Waals surface area contributed by atoms with Crippen molar-refractivity contribution < 1.29 is 9.84 Å². The lowest BCUT2D eigenvalue weighted by Gasteiger charge is -2.42. The van der Waals surface area contributed by atoms with Crippen molar-refractivity contribution >= 4 is 0 Å². The molecule has 1 saturated carbocycles. The summed E-state index contributed by atoms with van der Waals surface area (Å²) in [6.07, 6.45) is 5.24. The van der Waals surface area contributed by atoms with Crippen molar-refractivity contribution in [3.05, 3.63) is 0 Å². The fourth-order valence-electron chi connectivity index (χ4n) is 3.03. The van der Waals surface area contributed by atoms with Crippen LogP contribution in [0.1, 0.15) is 39.5 Å². The summed E-state index contributed by atoms with van der Waals surface area (Å²) in [6, 6.07) is 1.35. The molecule has 2 fully saturated rings. The molecule has 4 nitrogen and oxygen atoms in total. The quantitative estimate of drug-likeness (QED) is 0.757. The van der Waals surface area contributed by atoms with E-state index in [4.69, 9.17) is 9.84 Å². The largest absolute Gasteiger partial charge is 0.396 e. The Labute approximate surface area is 117 Å². The van der Waals surface area contributed by atoms with E-state index < -0.39 is 0 Å². The van der Waals surface area contributed by atoms with Crippen molar-refractivity contribution in [1.82, 2.24) is 9.80 Å². The lowest BCUT2D eigenvalue weighted by Crippen LogP contribution is -2.52. The van der Waals surface area contributed by atoms with Gasteiger partial charge in [-0.15, -0.1) is 0 Å². The number of aliphatic hydroxyl groups is 1. The van der Waals surface area contributed by atoms with Crippen LogP contribution in [0.5, 0.6) is 0 Å². The molecule has 19 heavy (non-hydrogen) atoms. The van der Waals surface area contributed by atoms with Gasteiger partial charge in [0.05, 0.1) is 12.7 Å². The smallest absolute Gasteiger partial charge is 0.0829 e. The Hall–Kier alpha value is -0.160. The van der Waals surface area contributed by atoms with Gasteiger partial charge in [0.2, 0.25) is 0 Å². The van der Waals surface area contributed by atoms with Crippen molar-refractivity contribution in [2.24, 2.45) is 0 Å². The Morgan fingerprint density at radius 1 is 1.37 bits per heavy atom. The molecular formula is C15H30N2O2. The summed E-state index contributed by atoms with van der Waals surface area (Å²) in [4.78, 5) is 5.06. The first-order chi connectivity index (χ1) is 9.20. The van der Waals surface area contributed by atoms with Gasteiger partial charge in [0.25, 0.3) is 0 Å². The minimum atomic E-state index is 0.298. The van der Waals surface area contributed by atoms with Gasteiger partial charge >= 0.3 is 0 Å². The van der Waals surface area contributed by atoms with Crippen LogP contribution in [0, 0.1) is 0 Å². The predicted molar refractivity (Wildman–Crippen MR) is 77.4 cm³/mol. The molecule has 0 amide bonds. The SMILES string of the molecule is CC(C)N1CCOC(CN(CCCO)C2CCC2)C1. The molecule has 4 heteroatoms. The van der Waals surface area contributed by atoms with E-state index in [9.17, 15) is 0 Å². The molecule has 1 N–H and O–H groups in total. The standard InChI is InChI=1S/C15H30N2O2/c1-13(2)16-8-10-19-15(11-16)12-17(7-4-9-18)14-5-3-6-14/h13-15,18H,3-12H2,1-2H3. The molecule has 1 saturated heterocycles. The number of nitrogens with zero attached hydrogens (tertiary/aromatic N) is 2. The van der Waals surface area contributed by atoms with E-state index in [1.54, 1.807) is 0 Å². The van der Waals surface area contributed by atoms with Crippen LogP contribution in [0.3, 0.4) is 0 Å². The molecule has 2 aliphatic rings. The van der Waals surface area contributed by atoms with Crippen molar-refractivity contribution in [2.75, 3.05) is 39.4 Å². The summed E-state index contributed by atoms with van der Waals surface area (Å²) in [5.74, 6) is 0. The van der Waals surface area contributed by atoms with Gasteiger partial charge in [-0.05, 0) is 33.1 Å². The first-order valence-corrected chi connectivity index (χ1v) is 7.91. The molecule has 2 rings (SSSR count). The Bertz CT molecular complexity index is 257. The maximum Gasteiger partial charge on any atom is 0.0829 e. The van der Waals surface area contributed by atoms with Crippen molar-refractivity contribution in [1.29, 1.82) is 0 Å². The third kappa shape index (κ3) is 4.42. The predicted octanol–water partition coefficient (Wildman–Crippen LogP) is 1.33. The fourth-order valence-corrected chi connectivity index (χ4v) is 3.03. The van der Waals surface area contributed by atoms with Gasteiger partial charge in [-0.1, -0.05) is 6.42 Å². The Kier molecular flexibility index (Phi) is 6.07. The van der Waals surface area contributed by atoms with E-state index in [0.717, 1.165) is 45.2 Å². The highest BCUT2D eigenvalue weighted by molar-refractivity contribution is 4.84. The number of ether oxygens (including phenoxy) is 1. The molecule has 0 radical (unpaired) electrons.